The van der Waals surface area contributed by atoms with Crippen LogP contribution in [0.1, 0.15) is 6.42 Å². The van der Waals surface area contributed by atoms with Crippen molar-refractivity contribution in [2.45, 2.75) is 6.42 Å². The summed E-state index contributed by atoms with van der Waals surface area (Å²) in [6.45, 7) is 0. The van der Waals surface area contributed by atoms with E-state index in [9.17, 15) is 9.59 Å². The van der Waals surface area contributed by atoms with Crippen LogP contribution in [0.3, 0.4) is 0 Å². The Kier molecular flexibility index (Phi) is 3.16. The van der Waals surface area contributed by atoms with E-state index in [0.717, 1.165) is 5.39 Å². The molecule has 2 aromatic carbocycles. The van der Waals surface area contributed by atoms with E-state index in [1.54, 1.807) is 30.5 Å². The Labute approximate surface area is 137 Å². The van der Waals surface area contributed by atoms with Crippen LogP contribution >= 0.6 is 0 Å². The number of nitrogens with two attached hydrogens (primary N) is 1. The van der Waals surface area contributed by atoms with Crippen LogP contribution in [0.4, 0.5) is 22.7 Å². The number of fused-ring (bicyclic) bond motifs is 3. The molecule has 0 fully saturated rings. The first-order chi connectivity index (χ1) is 11.6. The van der Waals surface area contributed by atoms with Gasteiger partial charge in [0.05, 0.1) is 16.9 Å². The van der Waals surface area contributed by atoms with Gasteiger partial charge in [-0.05, 0) is 36.4 Å². The topological polar surface area (TPSA) is 88.3 Å². The number of amides is 2. The Balaban J connectivity index is 1.98. The number of nitrogens with zero attached hydrogens (tertiary/aromatic N) is 2. The second-order valence-corrected chi connectivity index (χ2v) is 5.58. The highest BCUT2D eigenvalue weighted by atomic mass is 16.2. The van der Waals surface area contributed by atoms with Crippen LogP contribution in [0.2, 0.25) is 0 Å². The third-order valence-electron chi connectivity index (χ3n) is 3.97. The number of rotatable bonds is 1. The number of nitrogens with one attached hydrogen (secondary N) is 1. The number of anilines is 4. The van der Waals surface area contributed by atoms with Gasteiger partial charge in [0, 0.05) is 23.0 Å². The minimum absolute atomic E-state index is 0.229. The second-order valence-electron chi connectivity index (χ2n) is 5.58. The molecule has 0 spiro atoms. The van der Waals surface area contributed by atoms with Crippen molar-refractivity contribution in [1.82, 2.24) is 4.98 Å². The van der Waals surface area contributed by atoms with E-state index < -0.39 is 0 Å². The van der Waals surface area contributed by atoms with Crippen LogP contribution in [0, 0.1) is 0 Å². The zero-order chi connectivity index (χ0) is 16.7. The number of pyridine rings is 1. The molecule has 3 aromatic rings. The van der Waals surface area contributed by atoms with Gasteiger partial charge in [-0.25, -0.2) is 0 Å². The van der Waals surface area contributed by atoms with E-state index in [1.165, 1.54) is 4.90 Å². The predicted octanol–water partition coefficient (Wildman–Crippen LogP) is 2.82. The van der Waals surface area contributed by atoms with Crippen LogP contribution in [0.15, 0.2) is 54.7 Å². The maximum atomic E-state index is 12.6. The number of carbonyl (C=O) groups excluding carboxylic acids is 2. The molecule has 0 aliphatic carbocycles. The van der Waals surface area contributed by atoms with Gasteiger partial charge in [0.2, 0.25) is 11.8 Å². The molecular formula is C18H14N4O2. The van der Waals surface area contributed by atoms with Crippen LogP contribution in [-0.4, -0.2) is 16.8 Å². The van der Waals surface area contributed by atoms with Gasteiger partial charge in [-0.3, -0.25) is 19.5 Å². The third-order valence-corrected chi connectivity index (χ3v) is 3.97. The minimum Gasteiger partial charge on any atom is -0.399 e. The maximum Gasteiger partial charge on any atom is 0.241 e. The first kappa shape index (κ1) is 14.2. The van der Waals surface area contributed by atoms with Crippen LogP contribution < -0.4 is 16.0 Å². The molecule has 6 heteroatoms. The van der Waals surface area contributed by atoms with Gasteiger partial charge >= 0.3 is 0 Å². The van der Waals surface area contributed by atoms with Gasteiger partial charge in [0.25, 0.3) is 0 Å². The fraction of sp³-hybridized carbons (Fsp3) is 0.0556. The lowest BCUT2D eigenvalue weighted by atomic mass is 10.1. The number of nitrogen functional groups attached to an aromatic ring is 1. The summed E-state index contributed by atoms with van der Waals surface area (Å²) in [6.07, 6.45) is 1.43. The molecule has 0 radical (unpaired) electrons. The minimum atomic E-state index is -0.350. The Morgan fingerprint density at radius 1 is 1.04 bits per heavy atom. The van der Waals surface area contributed by atoms with Crippen molar-refractivity contribution in [1.29, 1.82) is 0 Å². The zero-order valence-corrected chi connectivity index (χ0v) is 12.7. The van der Waals surface area contributed by atoms with Crippen molar-refractivity contribution >= 4 is 45.5 Å². The Morgan fingerprint density at radius 3 is 2.62 bits per heavy atom. The Hall–Kier alpha value is -3.41. The molecule has 6 nitrogen and oxygen atoms in total. The van der Waals surface area contributed by atoms with Gasteiger partial charge in [0.1, 0.15) is 6.42 Å². The first-order valence-corrected chi connectivity index (χ1v) is 7.49. The predicted molar refractivity (Wildman–Crippen MR) is 93.0 cm³/mol. The quantitative estimate of drug-likeness (QED) is 0.533. The molecule has 1 aromatic heterocycles. The lowest BCUT2D eigenvalue weighted by molar-refractivity contribution is -0.124. The van der Waals surface area contributed by atoms with Gasteiger partial charge in [0.15, 0.2) is 0 Å². The zero-order valence-electron chi connectivity index (χ0n) is 12.7. The molecule has 4 rings (SSSR count). The lowest BCUT2D eigenvalue weighted by Gasteiger charge is -2.23. The molecule has 0 bridgehead atoms. The van der Waals surface area contributed by atoms with E-state index in [-0.39, 0.29) is 18.2 Å². The summed E-state index contributed by atoms with van der Waals surface area (Å²) in [5.41, 5.74) is 8.79. The highest BCUT2D eigenvalue weighted by molar-refractivity contribution is 6.20. The SMILES string of the molecule is Nc1ccc(N2C(=O)CC(=O)Nc3c2ccc2cccnc32)cc1. The van der Waals surface area contributed by atoms with E-state index in [4.69, 9.17) is 5.73 Å². The maximum absolute atomic E-state index is 12.6. The summed E-state index contributed by atoms with van der Waals surface area (Å²) in [4.78, 5) is 30.6. The highest BCUT2D eigenvalue weighted by Gasteiger charge is 2.28. The first-order valence-electron chi connectivity index (χ1n) is 7.49. The third kappa shape index (κ3) is 2.25. The molecule has 1 aliphatic rings. The van der Waals surface area contributed by atoms with E-state index in [0.29, 0.717) is 28.3 Å². The number of benzene rings is 2. The number of hydrogen-bond donors (Lipinski definition) is 2. The van der Waals surface area contributed by atoms with E-state index in [2.05, 4.69) is 10.3 Å². The van der Waals surface area contributed by atoms with Crippen molar-refractivity contribution < 1.29 is 9.59 Å². The summed E-state index contributed by atoms with van der Waals surface area (Å²) < 4.78 is 0. The molecule has 118 valence electrons. The van der Waals surface area contributed by atoms with Gasteiger partial charge in [-0.1, -0.05) is 12.1 Å². The molecule has 24 heavy (non-hydrogen) atoms. The van der Waals surface area contributed by atoms with Gasteiger partial charge in [-0.15, -0.1) is 0 Å². The smallest absolute Gasteiger partial charge is 0.241 e. The number of carbonyl (C=O) groups is 2. The molecule has 2 amide bonds. The Bertz CT molecular complexity index is 966. The molecule has 0 saturated heterocycles. The summed E-state index contributed by atoms with van der Waals surface area (Å²) in [5.74, 6) is -0.649. The summed E-state index contributed by atoms with van der Waals surface area (Å²) in [5, 5.41) is 3.71. The van der Waals surface area contributed by atoms with Crippen molar-refractivity contribution in [2.24, 2.45) is 0 Å². The van der Waals surface area contributed by atoms with Crippen LogP contribution in [0.25, 0.3) is 10.9 Å². The van der Waals surface area contributed by atoms with Crippen molar-refractivity contribution in [3.8, 4) is 0 Å². The summed E-state index contributed by atoms with van der Waals surface area (Å²) in [7, 11) is 0. The number of aromatic nitrogens is 1. The van der Waals surface area contributed by atoms with E-state index in [1.807, 2.05) is 24.3 Å². The van der Waals surface area contributed by atoms with Crippen molar-refractivity contribution in [3.63, 3.8) is 0 Å². The van der Waals surface area contributed by atoms with Crippen LogP contribution in [0.5, 0.6) is 0 Å². The van der Waals surface area contributed by atoms with Crippen LogP contribution in [-0.2, 0) is 9.59 Å². The van der Waals surface area contributed by atoms with E-state index >= 15 is 0 Å². The van der Waals surface area contributed by atoms with Crippen molar-refractivity contribution in [2.75, 3.05) is 16.0 Å². The summed E-state index contributed by atoms with van der Waals surface area (Å²) in [6, 6.07) is 14.4. The monoisotopic (exact) mass is 318 g/mol. The average molecular weight is 318 g/mol. The molecule has 2 heterocycles. The Morgan fingerprint density at radius 2 is 1.83 bits per heavy atom. The lowest BCUT2D eigenvalue weighted by Crippen LogP contribution is -2.26. The fourth-order valence-corrected chi connectivity index (χ4v) is 2.88. The highest BCUT2D eigenvalue weighted by Crippen LogP contribution is 2.39. The standard InChI is InChI=1S/C18H14N4O2/c19-12-4-6-13(7-5-12)22-14-8-3-11-2-1-9-20-17(11)18(14)21-15(23)10-16(22)24/h1-9H,10,19H2,(H,21,23). The summed E-state index contributed by atoms with van der Waals surface area (Å²) >= 11 is 0. The fourth-order valence-electron chi connectivity index (χ4n) is 2.88. The normalized spacial score (nSPS) is 14.2. The van der Waals surface area contributed by atoms with Gasteiger partial charge < -0.3 is 11.1 Å². The average Bonchev–Trinajstić information content (AvgIpc) is 2.71. The molecule has 3 N–H and O–H groups in total. The van der Waals surface area contributed by atoms with Gasteiger partial charge in [-0.2, -0.15) is 0 Å². The molecular weight excluding hydrogens is 304 g/mol. The molecule has 0 atom stereocenters. The molecule has 1 aliphatic heterocycles. The molecule has 0 saturated carbocycles. The molecule has 0 unspecified atom stereocenters. The second kappa shape index (κ2) is 5.34. The van der Waals surface area contributed by atoms with Crippen molar-refractivity contribution in [3.05, 3.63) is 54.7 Å². The number of hydrogen-bond acceptors (Lipinski definition) is 4. The largest absolute Gasteiger partial charge is 0.399 e.